The van der Waals surface area contributed by atoms with Gasteiger partial charge in [0.15, 0.2) is 0 Å². The van der Waals surface area contributed by atoms with Crippen LogP contribution >= 0.6 is 0 Å². The summed E-state index contributed by atoms with van der Waals surface area (Å²) in [6, 6.07) is 3.75. The van der Waals surface area contributed by atoms with Crippen LogP contribution in [0.5, 0.6) is 0 Å². The number of carboxylic acid groups (broad SMARTS) is 1. The molecule has 2 aromatic rings. The summed E-state index contributed by atoms with van der Waals surface area (Å²) < 4.78 is 3.46. The van der Waals surface area contributed by atoms with Gasteiger partial charge in [-0.1, -0.05) is 0 Å². The standard InChI is InChI=1S/C15H18N4O3/c1-15(14(21)22)5-8-19(10-15)13(20)11-9-16-17(2)12(11)18-6-3-4-7-18/h3-4,6-7,9H,5,8,10H2,1-2H3,(H,21,22)/t15-/m0/s1. The molecule has 1 atom stereocenters. The van der Waals surface area contributed by atoms with Crippen LogP contribution in [0.2, 0.25) is 0 Å². The van der Waals surface area contributed by atoms with E-state index >= 15 is 0 Å². The molecule has 1 N–H and O–H groups in total. The molecular formula is C15H18N4O3. The molecule has 3 heterocycles. The van der Waals surface area contributed by atoms with E-state index in [4.69, 9.17) is 0 Å². The Kier molecular flexibility index (Phi) is 3.27. The van der Waals surface area contributed by atoms with Gasteiger partial charge in [-0.2, -0.15) is 5.10 Å². The molecule has 1 saturated heterocycles. The van der Waals surface area contributed by atoms with Crippen LogP contribution in [-0.4, -0.2) is 49.3 Å². The number of amides is 1. The monoisotopic (exact) mass is 302 g/mol. The van der Waals surface area contributed by atoms with Crippen LogP contribution in [0.25, 0.3) is 5.82 Å². The lowest BCUT2D eigenvalue weighted by Crippen LogP contribution is -2.35. The summed E-state index contributed by atoms with van der Waals surface area (Å²) in [5.41, 5.74) is -0.390. The summed E-state index contributed by atoms with van der Waals surface area (Å²) in [5, 5.41) is 13.5. The Bertz CT molecular complexity index is 719. The molecule has 7 nitrogen and oxygen atoms in total. The predicted molar refractivity (Wildman–Crippen MR) is 78.8 cm³/mol. The molecule has 2 aromatic heterocycles. The quantitative estimate of drug-likeness (QED) is 0.922. The molecule has 3 rings (SSSR count). The van der Waals surface area contributed by atoms with E-state index in [-0.39, 0.29) is 12.5 Å². The second kappa shape index (κ2) is 5.01. The van der Waals surface area contributed by atoms with Crippen molar-refractivity contribution in [1.29, 1.82) is 0 Å². The van der Waals surface area contributed by atoms with Gasteiger partial charge in [-0.05, 0) is 25.5 Å². The summed E-state index contributed by atoms with van der Waals surface area (Å²) in [7, 11) is 1.78. The van der Waals surface area contributed by atoms with Crippen molar-refractivity contribution in [2.75, 3.05) is 13.1 Å². The van der Waals surface area contributed by atoms with E-state index in [1.807, 2.05) is 29.1 Å². The van der Waals surface area contributed by atoms with Crippen LogP contribution in [0.1, 0.15) is 23.7 Å². The highest BCUT2D eigenvalue weighted by atomic mass is 16.4. The lowest BCUT2D eigenvalue weighted by Gasteiger charge is -2.20. The largest absolute Gasteiger partial charge is 0.481 e. The molecule has 1 aliphatic heterocycles. The normalized spacial score (nSPS) is 21.3. The zero-order chi connectivity index (χ0) is 15.9. The van der Waals surface area contributed by atoms with E-state index in [9.17, 15) is 14.7 Å². The Labute approximate surface area is 127 Å². The first kappa shape index (κ1) is 14.4. The first-order chi connectivity index (χ1) is 10.4. The number of hydrogen-bond donors (Lipinski definition) is 1. The van der Waals surface area contributed by atoms with Crippen molar-refractivity contribution in [1.82, 2.24) is 19.2 Å². The van der Waals surface area contributed by atoms with E-state index in [0.29, 0.717) is 24.3 Å². The molecule has 116 valence electrons. The molecule has 0 spiro atoms. The van der Waals surface area contributed by atoms with Crippen LogP contribution < -0.4 is 0 Å². The van der Waals surface area contributed by atoms with Gasteiger partial charge < -0.3 is 14.6 Å². The summed E-state index contributed by atoms with van der Waals surface area (Å²) in [6.45, 7) is 2.35. The minimum atomic E-state index is -0.870. The Hall–Kier alpha value is -2.57. The van der Waals surface area contributed by atoms with Gasteiger partial charge in [0.05, 0.1) is 11.6 Å². The second-order valence-electron chi connectivity index (χ2n) is 5.94. The lowest BCUT2D eigenvalue weighted by atomic mass is 9.90. The number of aliphatic carboxylic acids is 1. The zero-order valence-corrected chi connectivity index (χ0v) is 12.6. The third kappa shape index (κ3) is 2.18. The van der Waals surface area contributed by atoms with Gasteiger partial charge in [0.25, 0.3) is 5.91 Å². The van der Waals surface area contributed by atoms with Crippen LogP contribution in [0, 0.1) is 5.41 Å². The molecule has 0 aromatic carbocycles. The molecule has 1 amide bonds. The van der Waals surface area contributed by atoms with Crippen molar-refractivity contribution in [2.45, 2.75) is 13.3 Å². The summed E-state index contributed by atoms with van der Waals surface area (Å²) >= 11 is 0. The maximum atomic E-state index is 12.8. The van der Waals surface area contributed by atoms with Crippen LogP contribution in [-0.2, 0) is 11.8 Å². The number of nitrogens with zero attached hydrogens (tertiary/aromatic N) is 4. The van der Waals surface area contributed by atoms with Crippen molar-refractivity contribution in [3.05, 3.63) is 36.3 Å². The SMILES string of the molecule is Cn1ncc(C(=O)N2CC[C@](C)(C(=O)O)C2)c1-n1cccc1. The number of rotatable bonds is 3. The van der Waals surface area contributed by atoms with E-state index in [2.05, 4.69) is 5.10 Å². The topological polar surface area (TPSA) is 80.4 Å². The number of likely N-dealkylation sites (tertiary alicyclic amines) is 1. The van der Waals surface area contributed by atoms with Crippen molar-refractivity contribution in [3.63, 3.8) is 0 Å². The summed E-state index contributed by atoms with van der Waals surface area (Å²) in [5.74, 6) is -0.361. The van der Waals surface area contributed by atoms with Crippen LogP contribution in [0.3, 0.4) is 0 Å². The van der Waals surface area contributed by atoms with Crippen molar-refractivity contribution in [2.24, 2.45) is 12.5 Å². The minimum Gasteiger partial charge on any atom is -0.481 e. The third-order valence-electron chi connectivity index (χ3n) is 4.26. The molecule has 22 heavy (non-hydrogen) atoms. The summed E-state index contributed by atoms with van der Waals surface area (Å²) in [4.78, 5) is 25.7. The van der Waals surface area contributed by atoms with Gasteiger partial charge in [-0.15, -0.1) is 0 Å². The predicted octanol–water partition coefficient (Wildman–Crippen LogP) is 1.15. The van der Waals surface area contributed by atoms with Gasteiger partial charge in [-0.25, -0.2) is 0 Å². The van der Waals surface area contributed by atoms with Crippen LogP contribution in [0.4, 0.5) is 0 Å². The minimum absolute atomic E-state index is 0.179. The fraction of sp³-hybridized carbons (Fsp3) is 0.400. The number of carbonyl (C=O) groups excluding carboxylic acids is 1. The molecule has 1 fully saturated rings. The van der Waals surface area contributed by atoms with Gasteiger partial charge in [0.2, 0.25) is 0 Å². The number of carbonyl (C=O) groups is 2. The van der Waals surface area contributed by atoms with E-state index in [0.717, 1.165) is 0 Å². The maximum absolute atomic E-state index is 12.8. The van der Waals surface area contributed by atoms with E-state index < -0.39 is 11.4 Å². The van der Waals surface area contributed by atoms with Crippen molar-refractivity contribution >= 4 is 11.9 Å². The van der Waals surface area contributed by atoms with Crippen molar-refractivity contribution < 1.29 is 14.7 Å². The molecular weight excluding hydrogens is 284 g/mol. The fourth-order valence-corrected chi connectivity index (χ4v) is 2.84. The fourth-order valence-electron chi connectivity index (χ4n) is 2.84. The second-order valence-corrected chi connectivity index (χ2v) is 5.94. The number of aromatic nitrogens is 3. The van der Waals surface area contributed by atoms with E-state index in [1.54, 1.807) is 23.6 Å². The molecule has 0 unspecified atom stereocenters. The Morgan fingerprint density at radius 2 is 2.00 bits per heavy atom. The Morgan fingerprint density at radius 1 is 1.32 bits per heavy atom. The number of carboxylic acids is 1. The van der Waals surface area contributed by atoms with Gasteiger partial charge in [0.1, 0.15) is 11.4 Å². The maximum Gasteiger partial charge on any atom is 0.311 e. The highest BCUT2D eigenvalue weighted by Gasteiger charge is 2.42. The third-order valence-corrected chi connectivity index (χ3v) is 4.26. The number of hydrogen-bond acceptors (Lipinski definition) is 3. The first-order valence-electron chi connectivity index (χ1n) is 7.10. The Morgan fingerprint density at radius 3 is 2.59 bits per heavy atom. The van der Waals surface area contributed by atoms with Gasteiger partial charge in [0, 0.05) is 32.5 Å². The average molecular weight is 302 g/mol. The van der Waals surface area contributed by atoms with E-state index in [1.165, 1.54) is 6.20 Å². The highest BCUT2D eigenvalue weighted by Crippen LogP contribution is 2.31. The lowest BCUT2D eigenvalue weighted by molar-refractivity contribution is -0.147. The zero-order valence-electron chi connectivity index (χ0n) is 12.6. The highest BCUT2D eigenvalue weighted by molar-refractivity contribution is 5.97. The molecule has 0 aliphatic carbocycles. The molecule has 0 bridgehead atoms. The van der Waals surface area contributed by atoms with Crippen LogP contribution in [0.15, 0.2) is 30.7 Å². The molecule has 7 heteroatoms. The summed E-state index contributed by atoms with van der Waals surface area (Å²) in [6.07, 6.45) is 5.69. The van der Waals surface area contributed by atoms with Gasteiger partial charge >= 0.3 is 5.97 Å². The molecule has 1 aliphatic rings. The average Bonchev–Trinajstić information content (AvgIpc) is 3.17. The smallest absolute Gasteiger partial charge is 0.311 e. The number of aryl methyl sites for hydroxylation is 1. The first-order valence-corrected chi connectivity index (χ1v) is 7.10. The molecule has 0 radical (unpaired) electrons. The van der Waals surface area contributed by atoms with Gasteiger partial charge in [-0.3, -0.25) is 14.3 Å². The van der Waals surface area contributed by atoms with Crippen molar-refractivity contribution in [3.8, 4) is 5.82 Å². The molecule has 0 saturated carbocycles. The Balaban J connectivity index is 1.90.